The lowest BCUT2D eigenvalue weighted by molar-refractivity contribution is -0.131. The van der Waals surface area contributed by atoms with Crippen LogP contribution in [0, 0.1) is 0 Å². The van der Waals surface area contributed by atoms with Gasteiger partial charge >= 0.3 is 6.03 Å². The zero-order valence-electron chi connectivity index (χ0n) is 12.8. The molecule has 6 nitrogen and oxygen atoms in total. The van der Waals surface area contributed by atoms with Gasteiger partial charge in [0.05, 0.1) is 0 Å². The molecule has 0 aromatic carbocycles. The van der Waals surface area contributed by atoms with Gasteiger partial charge < -0.3 is 20.0 Å². The number of carbonyl (C=O) groups excluding carboxylic acids is 2. The summed E-state index contributed by atoms with van der Waals surface area (Å²) in [6, 6.07) is 0.537. The minimum absolute atomic E-state index is 0.0144. The van der Waals surface area contributed by atoms with Crippen molar-refractivity contribution < 1.29 is 9.59 Å². The Balaban J connectivity index is 1.89. The van der Waals surface area contributed by atoms with Crippen molar-refractivity contribution in [2.75, 3.05) is 39.8 Å². The van der Waals surface area contributed by atoms with Gasteiger partial charge in [-0.15, -0.1) is 0 Å². The van der Waals surface area contributed by atoms with Crippen LogP contribution in [0.3, 0.4) is 0 Å². The highest BCUT2D eigenvalue weighted by atomic mass is 16.2. The summed E-state index contributed by atoms with van der Waals surface area (Å²) in [4.78, 5) is 29.8. The van der Waals surface area contributed by atoms with Crippen molar-refractivity contribution in [1.29, 1.82) is 0 Å². The summed E-state index contributed by atoms with van der Waals surface area (Å²) in [6.07, 6.45) is 2.03. The van der Waals surface area contributed by atoms with Crippen molar-refractivity contribution >= 4 is 11.9 Å². The number of hydrogen-bond donors (Lipinski definition) is 1. The second kappa shape index (κ2) is 6.43. The molecule has 0 saturated carbocycles. The average Bonchev–Trinajstić information content (AvgIpc) is 2.80. The Morgan fingerprint density at radius 2 is 2.00 bits per heavy atom. The zero-order chi connectivity index (χ0) is 14.7. The van der Waals surface area contributed by atoms with E-state index >= 15 is 0 Å². The van der Waals surface area contributed by atoms with Crippen LogP contribution in [0.4, 0.5) is 4.79 Å². The van der Waals surface area contributed by atoms with E-state index in [9.17, 15) is 9.59 Å². The zero-order valence-corrected chi connectivity index (χ0v) is 12.8. The van der Waals surface area contributed by atoms with E-state index in [1.165, 1.54) is 0 Å². The summed E-state index contributed by atoms with van der Waals surface area (Å²) in [7, 11) is 1.79. The van der Waals surface area contributed by atoms with Gasteiger partial charge in [0.1, 0.15) is 6.54 Å². The maximum Gasteiger partial charge on any atom is 0.320 e. The number of amides is 3. The van der Waals surface area contributed by atoms with Crippen LogP contribution in [0.15, 0.2) is 0 Å². The van der Waals surface area contributed by atoms with Crippen LogP contribution in [-0.4, -0.2) is 78.5 Å². The van der Waals surface area contributed by atoms with Crippen molar-refractivity contribution in [3.63, 3.8) is 0 Å². The standard InChI is InChI=1S/C14H26N4O2/c1-11(2)16(3)13(19)10-17-8-9-18(14(17)20)12-4-6-15-7-5-12/h11-12,15H,4-10H2,1-3H3. The third-order valence-corrected chi connectivity index (χ3v) is 4.37. The molecule has 0 atom stereocenters. The SMILES string of the molecule is CC(C)N(C)C(=O)CN1CCN(C2CCNCC2)C1=O. The first-order valence-corrected chi connectivity index (χ1v) is 7.52. The van der Waals surface area contributed by atoms with Gasteiger partial charge in [-0.05, 0) is 39.8 Å². The molecule has 3 amide bonds. The van der Waals surface area contributed by atoms with Gasteiger partial charge in [0.25, 0.3) is 0 Å². The third-order valence-electron chi connectivity index (χ3n) is 4.37. The number of piperidine rings is 1. The Morgan fingerprint density at radius 3 is 2.60 bits per heavy atom. The van der Waals surface area contributed by atoms with E-state index in [-0.39, 0.29) is 24.5 Å². The molecule has 0 bridgehead atoms. The summed E-state index contributed by atoms with van der Waals surface area (Å²) >= 11 is 0. The molecule has 2 aliphatic rings. The van der Waals surface area contributed by atoms with Gasteiger partial charge in [-0.1, -0.05) is 0 Å². The molecule has 0 radical (unpaired) electrons. The fraction of sp³-hybridized carbons (Fsp3) is 0.857. The molecule has 0 aromatic heterocycles. The molecule has 114 valence electrons. The average molecular weight is 282 g/mol. The number of rotatable bonds is 4. The van der Waals surface area contributed by atoms with Crippen molar-refractivity contribution in [1.82, 2.24) is 20.0 Å². The number of carbonyl (C=O) groups is 2. The molecule has 2 fully saturated rings. The van der Waals surface area contributed by atoms with Crippen LogP contribution < -0.4 is 5.32 Å². The fourth-order valence-corrected chi connectivity index (χ4v) is 2.77. The highest BCUT2D eigenvalue weighted by Gasteiger charge is 2.35. The lowest BCUT2D eigenvalue weighted by atomic mass is 10.1. The first-order chi connectivity index (χ1) is 9.50. The first-order valence-electron chi connectivity index (χ1n) is 7.52. The summed E-state index contributed by atoms with van der Waals surface area (Å²) in [5.74, 6) is 0.0144. The monoisotopic (exact) mass is 282 g/mol. The lowest BCUT2D eigenvalue weighted by Crippen LogP contribution is -2.47. The predicted octanol–water partition coefficient (Wildman–Crippen LogP) is 0.343. The largest absolute Gasteiger partial charge is 0.342 e. The summed E-state index contributed by atoms with van der Waals surface area (Å²) in [5, 5.41) is 3.31. The number of hydrogen-bond acceptors (Lipinski definition) is 3. The second-order valence-corrected chi connectivity index (χ2v) is 5.98. The molecule has 2 saturated heterocycles. The van der Waals surface area contributed by atoms with Gasteiger partial charge in [-0.25, -0.2) is 4.79 Å². The Kier molecular flexibility index (Phi) is 4.86. The molecule has 20 heavy (non-hydrogen) atoms. The lowest BCUT2D eigenvalue weighted by Gasteiger charge is -2.31. The van der Waals surface area contributed by atoms with E-state index in [2.05, 4.69) is 5.32 Å². The Labute approximate surface area is 121 Å². The third kappa shape index (κ3) is 3.23. The van der Waals surface area contributed by atoms with E-state index in [0.29, 0.717) is 12.6 Å². The minimum Gasteiger partial charge on any atom is -0.342 e. The van der Waals surface area contributed by atoms with Gasteiger partial charge in [-0.3, -0.25) is 4.79 Å². The van der Waals surface area contributed by atoms with Crippen LogP contribution in [-0.2, 0) is 4.79 Å². The normalized spacial score (nSPS) is 20.9. The predicted molar refractivity (Wildman–Crippen MR) is 77.5 cm³/mol. The number of urea groups is 1. The van der Waals surface area contributed by atoms with Crippen molar-refractivity contribution in [2.45, 2.75) is 38.8 Å². The smallest absolute Gasteiger partial charge is 0.320 e. The van der Waals surface area contributed by atoms with Gasteiger partial charge in [0, 0.05) is 32.2 Å². The quantitative estimate of drug-likeness (QED) is 0.809. The molecule has 2 aliphatic heterocycles. The summed E-state index contributed by atoms with van der Waals surface area (Å²) in [6.45, 7) is 7.53. The molecule has 0 unspecified atom stereocenters. The number of likely N-dealkylation sites (N-methyl/N-ethyl adjacent to an activating group) is 1. The van der Waals surface area contributed by atoms with Gasteiger partial charge in [0.2, 0.25) is 5.91 Å². The van der Waals surface area contributed by atoms with Crippen molar-refractivity contribution in [3.05, 3.63) is 0 Å². The Hall–Kier alpha value is -1.30. The van der Waals surface area contributed by atoms with E-state index < -0.39 is 0 Å². The molecule has 1 N–H and O–H groups in total. The van der Waals surface area contributed by atoms with Crippen molar-refractivity contribution in [2.24, 2.45) is 0 Å². The minimum atomic E-state index is 0.0144. The van der Waals surface area contributed by atoms with E-state index in [1.54, 1.807) is 16.8 Å². The molecule has 0 aromatic rings. The highest BCUT2D eigenvalue weighted by Crippen LogP contribution is 2.18. The maximum atomic E-state index is 12.4. The van der Waals surface area contributed by atoms with E-state index in [4.69, 9.17) is 0 Å². The molecule has 2 heterocycles. The van der Waals surface area contributed by atoms with Crippen LogP contribution in [0.25, 0.3) is 0 Å². The second-order valence-electron chi connectivity index (χ2n) is 5.98. The molecule has 0 aliphatic carbocycles. The number of nitrogens with zero attached hydrogens (tertiary/aromatic N) is 3. The summed E-state index contributed by atoms with van der Waals surface area (Å²) < 4.78 is 0. The molecule has 6 heteroatoms. The van der Waals surface area contributed by atoms with Crippen LogP contribution in [0.2, 0.25) is 0 Å². The van der Waals surface area contributed by atoms with Crippen LogP contribution >= 0.6 is 0 Å². The summed E-state index contributed by atoms with van der Waals surface area (Å²) in [5.41, 5.74) is 0. The van der Waals surface area contributed by atoms with Crippen LogP contribution in [0.1, 0.15) is 26.7 Å². The van der Waals surface area contributed by atoms with E-state index in [1.807, 2.05) is 18.7 Å². The maximum absolute atomic E-state index is 12.4. The molecular weight excluding hydrogens is 256 g/mol. The van der Waals surface area contributed by atoms with Gasteiger partial charge in [0.15, 0.2) is 0 Å². The number of nitrogens with one attached hydrogen (secondary N) is 1. The van der Waals surface area contributed by atoms with Crippen LogP contribution in [0.5, 0.6) is 0 Å². The van der Waals surface area contributed by atoms with E-state index in [0.717, 1.165) is 32.5 Å². The Morgan fingerprint density at radius 1 is 1.35 bits per heavy atom. The highest BCUT2D eigenvalue weighted by molar-refractivity contribution is 5.85. The topological polar surface area (TPSA) is 55.9 Å². The first kappa shape index (κ1) is 15.1. The molecule has 2 rings (SSSR count). The van der Waals surface area contributed by atoms with Gasteiger partial charge in [-0.2, -0.15) is 0 Å². The molecular formula is C14H26N4O2. The van der Waals surface area contributed by atoms with Crippen molar-refractivity contribution in [3.8, 4) is 0 Å². The fourth-order valence-electron chi connectivity index (χ4n) is 2.77. The molecule has 0 spiro atoms. The Bertz CT molecular complexity index is 366.